The molecule has 0 aliphatic rings. The van der Waals surface area contributed by atoms with Crippen LogP contribution >= 0.6 is 0 Å². The van der Waals surface area contributed by atoms with Crippen LogP contribution in [0.3, 0.4) is 0 Å². The molecule has 7 nitrogen and oxygen atoms in total. The molecule has 1 aromatic carbocycles. The molecule has 4 N–H and O–H groups in total. The van der Waals surface area contributed by atoms with Crippen molar-refractivity contribution in [1.29, 1.82) is 10.7 Å². The zero-order chi connectivity index (χ0) is 15.0. The van der Waals surface area contributed by atoms with Crippen LogP contribution in [0.1, 0.15) is 0 Å². The highest BCUT2D eigenvalue weighted by Gasteiger charge is 2.07. The van der Waals surface area contributed by atoms with Crippen molar-refractivity contribution < 1.29 is 13.9 Å². The Hall–Kier alpha value is -2.66. The fraction of sp³-hybridized carbons (Fsp3) is 0.250. The largest absolute Gasteiger partial charge is 0.489 e. The molecule has 0 spiro atoms. The molecule has 0 aliphatic heterocycles. The first-order valence-corrected chi connectivity index (χ1v) is 5.58. The number of halogens is 1. The number of hydrogen-bond donors (Lipinski definition) is 3. The highest BCUT2D eigenvalue weighted by Crippen LogP contribution is 2.25. The number of hydrogen-bond acceptors (Lipinski definition) is 6. The SMILES string of the molecule is COCCOc1ccc(F)cc1N/N=C(\C#N)C(=N)N. The Morgan fingerprint density at radius 3 is 2.90 bits per heavy atom. The predicted octanol–water partition coefficient (Wildman–Crippen LogP) is 1.08. The Balaban J connectivity index is 2.89. The van der Waals surface area contributed by atoms with Gasteiger partial charge in [0.05, 0.1) is 6.61 Å². The molecule has 0 unspecified atom stereocenters. The molecule has 0 saturated carbocycles. The van der Waals surface area contributed by atoms with Crippen LogP contribution in [0.15, 0.2) is 23.3 Å². The highest BCUT2D eigenvalue weighted by molar-refractivity contribution is 6.45. The lowest BCUT2D eigenvalue weighted by atomic mass is 10.3. The summed E-state index contributed by atoms with van der Waals surface area (Å²) < 4.78 is 23.4. The first-order chi connectivity index (χ1) is 9.58. The van der Waals surface area contributed by atoms with Crippen molar-refractivity contribution in [2.45, 2.75) is 0 Å². The van der Waals surface area contributed by atoms with E-state index in [2.05, 4.69) is 10.5 Å². The Bertz CT molecular complexity index is 553. The monoisotopic (exact) mass is 279 g/mol. The average molecular weight is 279 g/mol. The summed E-state index contributed by atoms with van der Waals surface area (Å²) >= 11 is 0. The molecular formula is C12H14FN5O2. The Morgan fingerprint density at radius 1 is 1.55 bits per heavy atom. The summed E-state index contributed by atoms with van der Waals surface area (Å²) in [5, 5.41) is 19.4. The number of benzene rings is 1. The lowest BCUT2D eigenvalue weighted by Gasteiger charge is -2.10. The van der Waals surface area contributed by atoms with E-state index in [-0.39, 0.29) is 18.0 Å². The molecule has 0 fully saturated rings. The molecule has 8 heteroatoms. The van der Waals surface area contributed by atoms with Gasteiger partial charge in [0.15, 0.2) is 5.84 Å². The number of anilines is 1. The van der Waals surface area contributed by atoms with Gasteiger partial charge in [0.2, 0.25) is 5.71 Å². The number of nitriles is 1. The number of ether oxygens (including phenoxy) is 2. The second-order valence-electron chi connectivity index (χ2n) is 3.58. The van der Waals surface area contributed by atoms with Crippen LogP contribution in [-0.4, -0.2) is 31.9 Å². The average Bonchev–Trinajstić information content (AvgIpc) is 2.41. The second kappa shape index (κ2) is 7.70. The standard InChI is InChI=1S/C12H14FN5O2/c1-19-4-5-20-11-3-2-8(13)6-9(11)17-18-10(7-14)12(15)16/h2-3,6,17H,4-5H2,1H3,(H3,15,16)/b18-10+. The Morgan fingerprint density at radius 2 is 2.30 bits per heavy atom. The van der Waals surface area contributed by atoms with E-state index in [1.54, 1.807) is 6.07 Å². The molecule has 20 heavy (non-hydrogen) atoms. The van der Waals surface area contributed by atoms with E-state index in [1.165, 1.54) is 19.2 Å². The number of amidine groups is 1. The third-order valence-corrected chi connectivity index (χ3v) is 2.14. The van der Waals surface area contributed by atoms with Gasteiger partial charge >= 0.3 is 0 Å². The van der Waals surface area contributed by atoms with Gasteiger partial charge in [-0.2, -0.15) is 10.4 Å². The number of hydrazone groups is 1. The highest BCUT2D eigenvalue weighted by atomic mass is 19.1. The summed E-state index contributed by atoms with van der Waals surface area (Å²) in [4.78, 5) is 0. The molecule has 0 aliphatic carbocycles. The molecular weight excluding hydrogens is 265 g/mol. The lowest BCUT2D eigenvalue weighted by Crippen LogP contribution is -2.22. The minimum atomic E-state index is -0.497. The third kappa shape index (κ3) is 4.55. The van der Waals surface area contributed by atoms with Gasteiger partial charge in [-0.25, -0.2) is 4.39 Å². The van der Waals surface area contributed by atoms with Crippen molar-refractivity contribution in [3.63, 3.8) is 0 Å². The maximum atomic E-state index is 13.2. The number of rotatable bonds is 7. The van der Waals surface area contributed by atoms with Gasteiger partial charge in [-0.3, -0.25) is 10.8 Å². The summed E-state index contributed by atoms with van der Waals surface area (Å²) in [6.45, 7) is 0.648. The molecule has 1 rings (SSSR count). The zero-order valence-electron chi connectivity index (χ0n) is 10.8. The summed E-state index contributed by atoms with van der Waals surface area (Å²) in [7, 11) is 1.53. The number of nitrogens with zero attached hydrogens (tertiary/aromatic N) is 2. The van der Waals surface area contributed by atoms with Crippen molar-refractivity contribution in [2.75, 3.05) is 25.7 Å². The molecule has 0 saturated heterocycles. The summed E-state index contributed by atoms with van der Waals surface area (Å²) in [5.74, 6) is -0.644. The van der Waals surface area contributed by atoms with Crippen molar-refractivity contribution in [2.24, 2.45) is 10.8 Å². The van der Waals surface area contributed by atoms with E-state index in [4.69, 9.17) is 25.9 Å². The van der Waals surface area contributed by atoms with Crippen molar-refractivity contribution >= 4 is 17.2 Å². The van der Waals surface area contributed by atoms with E-state index in [9.17, 15) is 4.39 Å². The molecule has 0 bridgehead atoms. The summed E-state index contributed by atoms with van der Waals surface area (Å²) in [6, 6.07) is 5.44. The van der Waals surface area contributed by atoms with E-state index in [0.29, 0.717) is 12.4 Å². The van der Waals surface area contributed by atoms with Crippen LogP contribution in [0.25, 0.3) is 0 Å². The van der Waals surface area contributed by atoms with Crippen LogP contribution in [-0.2, 0) is 4.74 Å². The van der Waals surface area contributed by atoms with Gasteiger partial charge in [-0.1, -0.05) is 0 Å². The van der Waals surface area contributed by atoms with Gasteiger partial charge in [0.1, 0.15) is 29.9 Å². The predicted molar refractivity (Wildman–Crippen MR) is 72.4 cm³/mol. The van der Waals surface area contributed by atoms with Crippen LogP contribution in [0.4, 0.5) is 10.1 Å². The van der Waals surface area contributed by atoms with E-state index >= 15 is 0 Å². The summed E-state index contributed by atoms with van der Waals surface area (Å²) in [6.07, 6.45) is 0. The Kier molecular flexibility index (Phi) is 5.93. The van der Waals surface area contributed by atoms with Gasteiger partial charge in [-0.05, 0) is 12.1 Å². The van der Waals surface area contributed by atoms with E-state index in [1.807, 2.05) is 0 Å². The number of nitrogens with one attached hydrogen (secondary N) is 2. The van der Waals surface area contributed by atoms with Crippen LogP contribution in [0.2, 0.25) is 0 Å². The van der Waals surface area contributed by atoms with E-state index < -0.39 is 11.7 Å². The second-order valence-corrected chi connectivity index (χ2v) is 3.58. The van der Waals surface area contributed by atoms with Gasteiger partial charge in [-0.15, -0.1) is 0 Å². The molecule has 0 aromatic heterocycles. The Labute approximate surface area is 115 Å². The van der Waals surface area contributed by atoms with Crippen molar-refractivity contribution in [1.82, 2.24) is 0 Å². The zero-order valence-corrected chi connectivity index (χ0v) is 10.8. The minimum absolute atomic E-state index is 0.218. The van der Waals surface area contributed by atoms with Crippen LogP contribution in [0, 0.1) is 22.6 Å². The quantitative estimate of drug-likeness (QED) is 0.299. The normalized spacial score (nSPS) is 10.8. The third-order valence-electron chi connectivity index (χ3n) is 2.14. The van der Waals surface area contributed by atoms with Gasteiger partial charge in [0.25, 0.3) is 0 Å². The van der Waals surface area contributed by atoms with Crippen molar-refractivity contribution in [3.8, 4) is 11.8 Å². The molecule has 106 valence electrons. The lowest BCUT2D eigenvalue weighted by molar-refractivity contribution is 0.146. The maximum absolute atomic E-state index is 13.2. The van der Waals surface area contributed by atoms with Gasteiger partial charge in [0, 0.05) is 13.2 Å². The topological polar surface area (TPSA) is 117 Å². The fourth-order valence-corrected chi connectivity index (χ4v) is 1.21. The van der Waals surface area contributed by atoms with Crippen molar-refractivity contribution in [3.05, 3.63) is 24.0 Å². The maximum Gasteiger partial charge on any atom is 0.201 e. The number of nitrogens with two attached hydrogens (primary N) is 1. The smallest absolute Gasteiger partial charge is 0.201 e. The molecule has 0 heterocycles. The van der Waals surface area contributed by atoms with Crippen LogP contribution in [0.5, 0.6) is 5.75 Å². The first kappa shape index (κ1) is 15.4. The van der Waals surface area contributed by atoms with Gasteiger partial charge < -0.3 is 15.2 Å². The fourth-order valence-electron chi connectivity index (χ4n) is 1.21. The first-order valence-electron chi connectivity index (χ1n) is 5.58. The summed E-state index contributed by atoms with van der Waals surface area (Å²) in [5.41, 5.74) is 7.51. The minimum Gasteiger partial charge on any atom is -0.489 e. The van der Waals surface area contributed by atoms with Crippen LogP contribution < -0.4 is 15.9 Å². The van der Waals surface area contributed by atoms with E-state index in [0.717, 1.165) is 6.07 Å². The molecule has 0 amide bonds. The molecule has 1 aromatic rings. The molecule has 0 atom stereocenters. The number of methoxy groups -OCH3 is 1. The molecule has 0 radical (unpaired) electrons.